The Kier molecular flexibility index (Phi) is 7.17. The number of nitrogens with one attached hydrogen (secondary N) is 3. The first-order valence-corrected chi connectivity index (χ1v) is 11.0. The number of benzene rings is 4. The fourth-order valence-corrected chi connectivity index (χ4v) is 3.46. The van der Waals surface area contributed by atoms with Crippen LogP contribution in [0.2, 0.25) is 0 Å². The summed E-state index contributed by atoms with van der Waals surface area (Å²) < 4.78 is 0. The molecule has 36 heavy (non-hydrogen) atoms. The largest absolute Gasteiger partial charge is 0.478 e. The van der Waals surface area contributed by atoms with E-state index < -0.39 is 11.9 Å². The van der Waals surface area contributed by atoms with Gasteiger partial charge in [0.1, 0.15) is 5.82 Å². The average molecular weight is 481 g/mol. The number of aromatic carboxylic acids is 2. The third-order valence-electron chi connectivity index (χ3n) is 5.28. The fourth-order valence-electron chi connectivity index (χ4n) is 3.46. The summed E-state index contributed by atoms with van der Waals surface area (Å²) in [5.41, 5.74) is 10.4. The molecule has 1 heterocycles. The molecule has 4 aromatic carbocycles. The first-order chi connectivity index (χ1) is 17.4. The number of nitrogen functional groups attached to an aromatic ring is 1. The highest BCUT2D eigenvalue weighted by atomic mass is 16.4. The van der Waals surface area contributed by atoms with Crippen molar-refractivity contribution >= 4 is 51.4 Å². The Labute approximate surface area is 207 Å². The summed E-state index contributed by atoms with van der Waals surface area (Å²) in [7, 11) is 0. The Balaban J connectivity index is 0.000000251. The number of anilines is 5. The number of hydrogen-bond acceptors (Lipinski definition) is 5. The number of rotatable bonds is 6. The van der Waals surface area contributed by atoms with Crippen molar-refractivity contribution in [3.63, 3.8) is 0 Å². The Hall–Kier alpha value is -5.24. The number of hydrogen-bond donors (Lipinski definition) is 6. The van der Waals surface area contributed by atoms with Gasteiger partial charge in [-0.2, -0.15) is 0 Å². The number of H-pyrrole nitrogens is 1. The maximum atomic E-state index is 10.9. The van der Waals surface area contributed by atoms with Gasteiger partial charge < -0.3 is 31.6 Å². The number of nitrogens with two attached hydrogens (primary N) is 1. The SMILES string of the molecule is Nc1cc2ccccc2[nH]1.O=C(O)c1ccc(Nc2ccc(Nc3ccc(C(=O)O)cc3)cc2)cc1. The molecular weight excluding hydrogens is 456 g/mol. The van der Waals surface area contributed by atoms with E-state index in [0.717, 1.165) is 34.1 Å². The van der Waals surface area contributed by atoms with E-state index in [1.54, 1.807) is 48.5 Å². The van der Waals surface area contributed by atoms with Gasteiger partial charge >= 0.3 is 11.9 Å². The number of fused-ring (bicyclic) bond motifs is 1. The average Bonchev–Trinajstić information content (AvgIpc) is 3.26. The summed E-state index contributed by atoms with van der Waals surface area (Å²) >= 11 is 0. The molecule has 5 aromatic rings. The van der Waals surface area contributed by atoms with Crippen LogP contribution in [-0.2, 0) is 0 Å². The molecule has 1 aromatic heterocycles. The second kappa shape index (κ2) is 10.8. The summed E-state index contributed by atoms with van der Waals surface area (Å²) in [5, 5.41) is 25.4. The highest BCUT2D eigenvalue weighted by Gasteiger charge is 2.03. The number of aromatic amines is 1. The van der Waals surface area contributed by atoms with Crippen LogP contribution in [0.1, 0.15) is 20.7 Å². The molecule has 0 bridgehead atoms. The van der Waals surface area contributed by atoms with Gasteiger partial charge in [0, 0.05) is 33.7 Å². The van der Waals surface area contributed by atoms with Crippen LogP contribution < -0.4 is 16.4 Å². The third kappa shape index (κ3) is 6.21. The quantitative estimate of drug-likeness (QED) is 0.167. The van der Waals surface area contributed by atoms with Gasteiger partial charge in [0.05, 0.1) is 11.1 Å². The minimum atomic E-state index is -0.955. The zero-order valence-electron chi connectivity index (χ0n) is 19.1. The predicted molar refractivity (Wildman–Crippen MR) is 143 cm³/mol. The van der Waals surface area contributed by atoms with Crippen LogP contribution in [0.5, 0.6) is 0 Å². The predicted octanol–water partition coefficient (Wildman–Crippen LogP) is 6.32. The van der Waals surface area contributed by atoms with Crippen LogP contribution in [0.3, 0.4) is 0 Å². The minimum absolute atomic E-state index is 0.240. The molecule has 0 fully saturated rings. The molecule has 0 aliphatic heterocycles. The molecule has 8 nitrogen and oxygen atoms in total. The van der Waals surface area contributed by atoms with Crippen LogP contribution in [0.15, 0.2) is 103 Å². The van der Waals surface area contributed by atoms with E-state index in [2.05, 4.69) is 15.6 Å². The van der Waals surface area contributed by atoms with Gasteiger partial charge in [-0.15, -0.1) is 0 Å². The van der Waals surface area contributed by atoms with Crippen molar-refractivity contribution in [2.45, 2.75) is 0 Å². The first-order valence-electron chi connectivity index (χ1n) is 11.0. The Morgan fingerprint density at radius 1 is 0.611 bits per heavy atom. The first kappa shape index (κ1) is 23.9. The maximum absolute atomic E-state index is 10.9. The highest BCUT2D eigenvalue weighted by Crippen LogP contribution is 2.22. The molecule has 0 unspecified atom stereocenters. The Morgan fingerprint density at radius 3 is 1.39 bits per heavy atom. The number of carboxylic acid groups (broad SMARTS) is 2. The molecule has 0 aliphatic rings. The summed E-state index contributed by atoms with van der Waals surface area (Å²) in [5.74, 6) is -1.19. The molecule has 180 valence electrons. The van der Waals surface area contributed by atoms with Crippen LogP contribution >= 0.6 is 0 Å². The van der Waals surface area contributed by atoms with E-state index in [1.807, 2.05) is 54.6 Å². The van der Waals surface area contributed by atoms with E-state index in [1.165, 1.54) is 5.39 Å². The van der Waals surface area contributed by atoms with Crippen LogP contribution in [0.4, 0.5) is 28.6 Å². The molecule has 7 N–H and O–H groups in total. The van der Waals surface area contributed by atoms with E-state index in [4.69, 9.17) is 15.9 Å². The van der Waals surface area contributed by atoms with Gasteiger partial charge in [0.25, 0.3) is 0 Å². The zero-order valence-corrected chi connectivity index (χ0v) is 19.1. The molecule has 5 rings (SSSR count). The van der Waals surface area contributed by atoms with Gasteiger partial charge in [0.15, 0.2) is 0 Å². The number of aromatic nitrogens is 1. The molecule has 0 spiro atoms. The number of carboxylic acids is 2. The number of carbonyl (C=O) groups is 2. The maximum Gasteiger partial charge on any atom is 0.335 e. The monoisotopic (exact) mass is 480 g/mol. The van der Waals surface area contributed by atoms with E-state index in [0.29, 0.717) is 0 Å². The minimum Gasteiger partial charge on any atom is -0.478 e. The van der Waals surface area contributed by atoms with Crippen molar-refractivity contribution < 1.29 is 19.8 Å². The highest BCUT2D eigenvalue weighted by molar-refractivity contribution is 5.88. The normalized spacial score (nSPS) is 10.2. The Morgan fingerprint density at radius 2 is 1.00 bits per heavy atom. The van der Waals surface area contributed by atoms with Crippen LogP contribution in [0.25, 0.3) is 10.9 Å². The van der Waals surface area contributed by atoms with E-state index in [9.17, 15) is 9.59 Å². The standard InChI is InChI=1S/C20H16N2O4.C8H8N2/c23-19(24)13-1-5-15(6-2-13)21-17-9-11-18(12-10-17)22-16-7-3-14(4-8-16)20(25)26;9-8-5-6-3-1-2-4-7(6)10-8/h1-12,21-22H,(H,23,24)(H,25,26);1-5,10H,9H2. The van der Waals surface area contributed by atoms with Crippen molar-refractivity contribution in [3.05, 3.63) is 114 Å². The lowest BCUT2D eigenvalue weighted by atomic mass is 10.2. The second-order valence-electron chi connectivity index (χ2n) is 7.90. The lowest BCUT2D eigenvalue weighted by Gasteiger charge is -2.10. The summed E-state index contributed by atoms with van der Waals surface area (Å²) in [6.07, 6.45) is 0. The van der Waals surface area contributed by atoms with E-state index >= 15 is 0 Å². The summed E-state index contributed by atoms with van der Waals surface area (Å²) in [4.78, 5) is 24.7. The van der Waals surface area contributed by atoms with Crippen molar-refractivity contribution in [2.24, 2.45) is 0 Å². The molecule has 8 heteroatoms. The van der Waals surface area contributed by atoms with Crippen LogP contribution in [-0.4, -0.2) is 27.1 Å². The zero-order chi connectivity index (χ0) is 25.5. The molecule has 0 amide bonds. The second-order valence-corrected chi connectivity index (χ2v) is 7.90. The van der Waals surface area contributed by atoms with E-state index in [-0.39, 0.29) is 11.1 Å². The Bertz CT molecular complexity index is 1360. The topological polar surface area (TPSA) is 140 Å². The van der Waals surface area contributed by atoms with Gasteiger partial charge in [-0.05, 0) is 84.9 Å². The summed E-state index contributed by atoms with van der Waals surface area (Å²) in [6, 6.07) is 30.5. The molecule has 0 atom stereocenters. The summed E-state index contributed by atoms with van der Waals surface area (Å²) in [6.45, 7) is 0. The molecule has 0 saturated carbocycles. The lowest BCUT2D eigenvalue weighted by Crippen LogP contribution is -1.97. The van der Waals surface area contributed by atoms with Crippen molar-refractivity contribution in [1.29, 1.82) is 0 Å². The molecular formula is C28H24N4O4. The molecule has 0 saturated heterocycles. The van der Waals surface area contributed by atoms with Gasteiger partial charge in [-0.1, -0.05) is 18.2 Å². The molecule has 0 radical (unpaired) electrons. The van der Waals surface area contributed by atoms with Gasteiger partial charge in [-0.3, -0.25) is 0 Å². The smallest absolute Gasteiger partial charge is 0.335 e. The van der Waals surface area contributed by atoms with Gasteiger partial charge in [-0.25, -0.2) is 9.59 Å². The number of para-hydroxylation sites is 1. The van der Waals surface area contributed by atoms with Crippen molar-refractivity contribution in [2.75, 3.05) is 16.4 Å². The van der Waals surface area contributed by atoms with Gasteiger partial charge in [0.2, 0.25) is 0 Å². The van der Waals surface area contributed by atoms with Crippen molar-refractivity contribution in [3.8, 4) is 0 Å². The lowest BCUT2D eigenvalue weighted by molar-refractivity contribution is 0.0686. The van der Waals surface area contributed by atoms with Crippen LogP contribution in [0, 0.1) is 0 Å². The third-order valence-corrected chi connectivity index (χ3v) is 5.28. The fraction of sp³-hybridized carbons (Fsp3) is 0. The van der Waals surface area contributed by atoms with Crippen molar-refractivity contribution in [1.82, 2.24) is 4.98 Å². The molecule has 0 aliphatic carbocycles.